The van der Waals surface area contributed by atoms with E-state index in [1.807, 2.05) is 12.1 Å². The second kappa shape index (κ2) is 5.23. The Hall–Kier alpha value is 0.270. The summed E-state index contributed by atoms with van der Waals surface area (Å²) in [6.45, 7) is 0. The minimum atomic E-state index is 0.654. The van der Waals surface area contributed by atoms with Crippen molar-refractivity contribution in [1.82, 2.24) is 0 Å². The van der Waals surface area contributed by atoms with Crippen LogP contribution in [0.5, 0.6) is 5.75 Å². The van der Waals surface area contributed by atoms with Gasteiger partial charge in [-0.1, -0.05) is 43.5 Å². The first-order chi connectivity index (χ1) is 6.22. The van der Waals surface area contributed by atoms with Crippen LogP contribution in [-0.2, 0) is 10.7 Å². The molecule has 0 fully saturated rings. The Morgan fingerprint density at radius 2 is 1.77 bits per heavy atom. The van der Waals surface area contributed by atoms with Crippen molar-refractivity contribution in [3.05, 3.63) is 28.3 Å². The molecule has 0 unspecified atom stereocenters. The molecule has 0 saturated carbocycles. The predicted molar refractivity (Wildman–Crippen MR) is 63.3 cm³/mol. The van der Waals surface area contributed by atoms with Crippen LogP contribution in [0.2, 0.25) is 5.02 Å². The smallest absolute Gasteiger partial charge is 0.137 e. The molecule has 0 aliphatic carbocycles. The topological polar surface area (TPSA) is 9.23 Å². The predicted octanol–water partition coefficient (Wildman–Crippen LogP) is 4.14. The van der Waals surface area contributed by atoms with Crippen LogP contribution in [0, 0.1) is 0 Å². The zero-order valence-electron chi connectivity index (χ0n) is 7.11. The summed E-state index contributed by atoms with van der Waals surface area (Å²) in [6, 6.07) is 3.87. The van der Waals surface area contributed by atoms with Crippen molar-refractivity contribution in [2.24, 2.45) is 0 Å². The summed E-state index contributed by atoms with van der Waals surface area (Å²) >= 11 is 12.8. The SMILES string of the molecule is COc1cc(CBr)c(CBr)cc1Cl. The molecule has 13 heavy (non-hydrogen) atoms. The molecule has 0 aliphatic heterocycles. The lowest BCUT2D eigenvalue weighted by Crippen LogP contribution is -1.92. The molecule has 0 saturated heterocycles. The maximum Gasteiger partial charge on any atom is 0.137 e. The minimum Gasteiger partial charge on any atom is -0.495 e. The highest BCUT2D eigenvalue weighted by Crippen LogP contribution is 2.30. The zero-order valence-corrected chi connectivity index (χ0v) is 11.0. The molecule has 0 heterocycles. The summed E-state index contributed by atoms with van der Waals surface area (Å²) < 4.78 is 5.12. The molecule has 0 bridgehead atoms. The zero-order chi connectivity index (χ0) is 9.84. The number of ether oxygens (including phenoxy) is 1. The van der Waals surface area contributed by atoms with E-state index in [0.717, 1.165) is 16.4 Å². The van der Waals surface area contributed by atoms with Crippen molar-refractivity contribution < 1.29 is 4.74 Å². The Balaban J connectivity index is 3.18. The molecule has 0 radical (unpaired) electrons. The van der Waals surface area contributed by atoms with Gasteiger partial charge in [0.05, 0.1) is 12.1 Å². The average molecular weight is 328 g/mol. The quantitative estimate of drug-likeness (QED) is 0.758. The highest BCUT2D eigenvalue weighted by Gasteiger charge is 2.06. The van der Waals surface area contributed by atoms with Gasteiger partial charge in [0.25, 0.3) is 0 Å². The Bertz CT molecular complexity index is 302. The van der Waals surface area contributed by atoms with Crippen molar-refractivity contribution in [2.75, 3.05) is 7.11 Å². The Labute approximate surface area is 99.7 Å². The van der Waals surface area contributed by atoms with Crippen LogP contribution in [0.1, 0.15) is 11.1 Å². The van der Waals surface area contributed by atoms with Crippen LogP contribution in [0.4, 0.5) is 0 Å². The lowest BCUT2D eigenvalue weighted by atomic mass is 10.1. The summed E-state index contributed by atoms with van der Waals surface area (Å²) in [5.74, 6) is 0.723. The van der Waals surface area contributed by atoms with E-state index in [4.69, 9.17) is 16.3 Å². The van der Waals surface area contributed by atoms with E-state index in [2.05, 4.69) is 31.9 Å². The second-order valence-electron chi connectivity index (χ2n) is 2.52. The van der Waals surface area contributed by atoms with E-state index in [1.54, 1.807) is 7.11 Å². The van der Waals surface area contributed by atoms with Crippen LogP contribution in [-0.4, -0.2) is 7.11 Å². The number of halogens is 3. The number of benzene rings is 1. The number of hydrogen-bond acceptors (Lipinski definition) is 1. The van der Waals surface area contributed by atoms with Crippen molar-refractivity contribution in [1.29, 1.82) is 0 Å². The van der Waals surface area contributed by atoms with Gasteiger partial charge in [0, 0.05) is 10.7 Å². The van der Waals surface area contributed by atoms with Gasteiger partial charge in [-0.3, -0.25) is 0 Å². The number of hydrogen-bond donors (Lipinski definition) is 0. The molecule has 0 amide bonds. The van der Waals surface area contributed by atoms with Gasteiger partial charge >= 0.3 is 0 Å². The third-order valence-corrected chi connectivity index (χ3v) is 3.27. The molecule has 0 atom stereocenters. The molecule has 0 spiro atoms. The normalized spacial score (nSPS) is 10.2. The largest absolute Gasteiger partial charge is 0.495 e. The van der Waals surface area contributed by atoms with Gasteiger partial charge in [0.2, 0.25) is 0 Å². The molecule has 1 aromatic rings. The van der Waals surface area contributed by atoms with Gasteiger partial charge < -0.3 is 4.74 Å². The molecule has 4 heteroatoms. The lowest BCUT2D eigenvalue weighted by Gasteiger charge is -2.09. The fraction of sp³-hybridized carbons (Fsp3) is 0.333. The lowest BCUT2D eigenvalue weighted by molar-refractivity contribution is 0.414. The summed E-state index contributed by atoms with van der Waals surface area (Å²) in [4.78, 5) is 0. The fourth-order valence-electron chi connectivity index (χ4n) is 1.04. The van der Waals surface area contributed by atoms with Crippen LogP contribution < -0.4 is 4.74 Å². The molecule has 1 aromatic carbocycles. The maximum atomic E-state index is 5.98. The highest BCUT2D eigenvalue weighted by molar-refractivity contribution is 9.09. The van der Waals surface area contributed by atoms with E-state index in [9.17, 15) is 0 Å². The van der Waals surface area contributed by atoms with Crippen LogP contribution in [0.3, 0.4) is 0 Å². The van der Waals surface area contributed by atoms with E-state index < -0.39 is 0 Å². The molecular weight excluding hydrogens is 319 g/mol. The third-order valence-electron chi connectivity index (χ3n) is 1.76. The van der Waals surface area contributed by atoms with E-state index >= 15 is 0 Å². The minimum absolute atomic E-state index is 0.654. The first-order valence-electron chi connectivity index (χ1n) is 3.70. The third kappa shape index (κ3) is 2.61. The van der Waals surface area contributed by atoms with Gasteiger partial charge in [-0.2, -0.15) is 0 Å². The maximum absolute atomic E-state index is 5.98. The number of alkyl halides is 2. The van der Waals surface area contributed by atoms with Crippen molar-refractivity contribution in [2.45, 2.75) is 10.7 Å². The van der Waals surface area contributed by atoms with Gasteiger partial charge in [0.1, 0.15) is 5.75 Å². The summed E-state index contributed by atoms with van der Waals surface area (Å²) in [5.41, 5.74) is 2.38. The second-order valence-corrected chi connectivity index (χ2v) is 4.05. The van der Waals surface area contributed by atoms with Crippen LogP contribution in [0.25, 0.3) is 0 Å². The summed E-state index contributed by atoms with van der Waals surface area (Å²) in [5, 5.41) is 2.26. The number of rotatable bonds is 3. The Morgan fingerprint density at radius 3 is 2.23 bits per heavy atom. The van der Waals surface area contributed by atoms with Crippen LogP contribution in [0.15, 0.2) is 12.1 Å². The van der Waals surface area contributed by atoms with Gasteiger partial charge in [0.15, 0.2) is 0 Å². The summed E-state index contributed by atoms with van der Waals surface area (Å²) in [6.07, 6.45) is 0. The molecular formula is C9H9Br2ClO. The van der Waals surface area contributed by atoms with Crippen molar-refractivity contribution in [3.63, 3.8) is 0 Å². The first kappa shape index (κ1) is 11.3. The number of methoxy groups -OCH3 is 1. The highest BCUT2D eigenvalue weighted by atomic mass is 79.9. The Morgan fingerprint density at radius 1 is 1.23 bits per heavy atom. The summed E-state index contributed by atoms with van der Waals surface area (Å²) in [7, 11) is 1.62. The van der Waals surface area contributed by atoms with E-state index in [0.29, 0.717) is 5.02 Å². The average Bonchev–Trinajstić information content (AvgIpc) is 2.17. The standard InChI is InChI=1S/C9H9Br2ClO/c1-13-9-3-7(5-11)6(4-10)2-8(9)12/h2-3H,4-5H2,1H3. The van der Waals surface area contributed by atoms with Gasteiger partial charge in [-0.15, -0.1) is 0 Å². The molecule has 1 rings (SSSR count). The molecule has 0 aromatic heterocycles. The fourth-order valence-corrected chi connectivity index (χ4v) is 2.35. The van der Waals surface area contributed by atoms with Gasteiger partial charge in [-0.25, -0.2) is 0 Å². The van der Waals surface area contributed by atoms with Crippen molar-refractivity contribution in [3.8, 4) is 5.75 Å². The molecule has 0 aliphatic rings. The van der Waals surface area contributed by atoms with Crippen molar-refractivity contribution >= 4 is 43.5 Å². The molecule has 0 N–H and O–H groups in total. The monoisotopic (exact) mass is 326 g/mol. The molecule has 1 nitrogen and oxygen atoms in total. The van der Waals surface area contributed by atoms with Gasteiger partial charge in [-0.05, 0) is 23.3 Å². The van der Waals surface area contributed by atoms with E-state index in [1.165, 1.54) is 11.1 Å². The molecule has 72 valence electrons. The van der Waals surface area contributed by atoms with Crippen LogP contribution >= 0.6 is 43.5 Å². The van der Waals surface area contributed by atoms with E-state index in [-0.39, 0.29) is 0 Å². The Kier molecular flexibility index (Phi) is 4.56. The first-order valence-corrected chi connectivity index (χ1v) is 6.32.